The van der Waals surface area contributed by atoms with Crippen molar-refractivity contribution in [2.45, 2.75) is 6.42 Å². The molecule has 4 nitrogen and oxygen atoms in total. The van der Waals surface area contributed by atoms with Crippen LogP contribution in [0.15, 0.2) is 30.9 Å². The molecule has 0 aliphatic heterocycles. The summed E-state index contributed by atoms with van der Waals surface area (Å²) >= 11 is 12.6. The number of hydrogen-bond acceptors (Lipinski definition) is 5. The molecule has 0 spiro atoms. The molecule has 0 fully saturated rings. The van der Waals surface area contributed by atoms with Gasteiger partial charge in [0.25, 0.3) is 0 Å². The topological polar surface area (TPSA) is 48.4 Å². The van der Waals surface area contributed by atoms with Gasteiger partial charge in [-0.25, -0.2) is 4.79 Å². The van der Waals surface area contributed by atoms with Gasteiger partial charge in [-0.15, -0.1) is 6.58 Å². The zero-order valence-electron chi connectivity index (χ0n) is 11.1. The summed E-state index contributed by atoms with van der Waals surface area (Å²) in [7, 11) is 1.50. The van der Waals surface area contributed by atoms with Gasteiger partial charge in [0.2, 0.25) is 0 Å². The van der Waals surface area contributed by atoms with Crippen molar-refractivity contribution in [2.75, 3.05) is 7.11 Å². The van der Waals surface area contributed by atoms with E-state index < -0.39 is 5.97 Å². The number of hydrogen-bond donors (Lipinski definition) is 0. The molecule has 1 aromatic heterocycles. The smallest absolute Gasteiger partial charge is 0.365 e. The van der Waals surface area contributed by atoms with E-state index in [-0.39, 0.29) is 20.8 Å². The van der Waals surface area contributed by atoms with E-state index in [0.29, 0.717) is 12.2 Å². The fourth-order valence-corrected chi connectivity index (χ4v) is 2.60. The summed E-state index contributed by atoms with van der Waals surface area (Å²) in [4.78, 5) is 12.0. The highest BCUT2D eigenvalue weighted by atomic mass is 35.5. The summed E-state index contributed by atoms with van der Waals surface area (Å²) in [5.41, 5.74) is 0.986. The molecule has 0 radical (unpaired) electrons. The van der Waals surface area contributed by atoms with E-state index in [9.17, 15) is 4.79 Å². The van der Waals surface area contributed by atoms with E-state index in [1.807, 2.05) is 6.07 Å². The molecule has 0 unspecified atom stereocenters. The molecule has 0 amide bonds. The van der Waals surface area contributed by atoms with Crippen LogP contribution in [0.4, 0.5) is 0 Å². The molecular weight excluding hydrogens is 333 g/mol. The van der Waals surface area contributed by atoms with E-state index in [1.54, 1.807) is 18.2 Å². The summed E-state index contributed by atoms with van der Waals surface area (Å²) in [6.45, 7) is 3.67. The van der Waals surface area contributed by atoms with Gasteiger partial charge in [0.1, 0.15) is 9.36 Å². The lowest BCUT2D eigenvalue weighted by molar-refractivity contribution is 0.0725. The van der Waals surface area contributed by atoms with Crippen molar-refractivity contribution in [1.29, 1.82) is 0 Å². The number of allylic oxidation sites excluding steroid dienone is 1. The minimum atomic E-state index is -0.682. The molecule has 0 atom stereocenters. The normalized spacial score (nSPS) is 10.2. The Morgan fingerprint density at radius 1 is 1.43 bits per heavy atom. The zero-order chi connectivity index (χ0) is 15.4. The molecule has 21 heavy (non-hydrogen) atoms. The van der Waals surface area contributed by atoms with Gasteiger partial charge in [-0.05, 0) is 35.6 Å². The first kappa shape index (κ1) is 15.8. The first-order valence-corrected chi connectivity index (χ1v) is 7.40. The second-order valence-corrected chi connectivity index (χ2v) is 5.74. The summed E-state index contributed by atoms with van der Waals surface area (Å²) in [6.07, 6.45) is 2.47. The first-order chi connectivity index (χ1) is 10.1. The van der Waals surface area contributed by atoms with Crippen LogP contribution in [0.3, 0.4) is 0 Å². The molecule has 0 bridgehead atoms. The Hall–Kier alpha value is -1.56. The summed E-state index contributed by atoms with van der Waals surface area (Å²) in [6, 6.07) is 5.25. The monoisotopic (exact) mass is 343 g/mol. The van der Waals surface area contributed by atoms with Gasteiger partial charge in [-0.2, -0.15) is 4.37 Å². The van der Waals surface area contributed by atoms with Gasteiger partial charge in [0.05, 0.1) is 7.11 Å². The highest BCUT2D eigenvalue weighted by Gasteiger charge is 2.21. The maximum absolute atomic E-state index is 12.0. The fraction of sp³-hybridized carbons (Fsp3) is 0.143. The van der Waals surface area contributed by atoms with Gasteiger partial charge < -0.3 is 9.47 Å². The Kier molecular flexibility index (Phi) is 5.22. The Morgan fingerprint density at radius 3 is 2.76 bits per heavy atom. The SMILES string of the molecule is C=CCc1ccc(OC(=O)c2nsc(Cl)c2Cl)c(OC)c1. The van der Waals surface area contributed by atoms with Crippen LogP contribution in [-0.4, -0.2) is 17.5 Å². The standard InChI is InChI=1S/C14H11Cl2NO3S/c1-3-4-8-5-6-9(10(7-8)19-2)20-14(18)12-11(15)13(16)21-17-12/h3,5-7H,1,4H2,2H3. The van der Waals surface area contributed by atoms with Gasteiger partial charge in [0.15, 0.2) is 17.2 Å². The average molecular weight is 344 g/mol. The third-order valence-electron chi connectivity index (χ3n) is 2.60. The Morgan fingerprint density at radius 2 is 2.19 bits per heavy atom. The molecule has 0 saturated carbocycles. The molecule has 0 N–H and O–H groups in total. The Labute approximate surface area is 136 Å². The predicted octanol–water partition coefficient (Wildman–Crippen LogP) is 4.41. The van der Waals surface area contributed by atoms with Crippen LogP contribution in [0.5, 0.6) is 11.5 Å². The number of benzene rings is 1. The fourth-order valence-electron chi connectivity index (χ4n) is 1.62. The van der Waals surface area contributed by atoms with Gasteiger partial charge >= 0.3 is 5.97 Å². The number of halogens is 2. The van der Waals surface area contributed by atoms with Crippen molar-refractivity contribution in [1.82, 2.24) is 4.37 Å². The van der Waals surface area contributed by atoms with Crippen LogP contribution in [0.2, 0.25) is 9.36 Å². The van der Waals surface area contributed by atoms with Gasteiger partial charge in [0, 0.05) is 0 Å². The highest BCUT2D eigenvalue weighted by molar-refractivity contribution is 7.11. The minimum absolute atomic E-state index is 0.0103. The molecule has 1 heterocycles. The Bertz CT molecular complexity index is 685. The second-order valence-electron chi connectivity index (χ2n) is 3.99. The molecule has 1 aromatic carbocycles. The number of carbonyl (C=O) groups excluding carboxylic acids is 1. The van der Waals surface area contributed by atoms with E-state index in [1.165, 1.54) is 7.11 Å². The van der Waals surface area contributed by atoms with E-state index in [4.69, 9.17) is 32.7 Å². The van der Waals surface area contributed by atoms with Crippen molar-refractivity contribution in [3.8, 4) is 11.5 Å². The second kappa shape index (κ2) is 6.93. The zero-order valence-corrected chi connectivity index (χ0v) is 13.4. The van der Waals surface area contributed by atoms with Gasteiger partial charge in [-0.1, -0.05) is 35.3 Å². The Balaban J connectivity index is 2.24. The molecule has 2 aromatic rings. The predicted molar refractivity (Wildman–Crippen MR) is 84.0 cm³/mol. The number of aromatic nitrogens is 1. The number of nitrogens with zero attached hydrogens (tertiary/aromatic N) is 1. The molecule has 0 aliphatic rings. The van der Waals surface area contributed by atoms with Crippen LogP contribution >= 0.6 is 34.7 Å². The lowest BCUT2D eigenvalue weighted by Gasteiger charge is -2.09. The summed E-state index contributed by atoms with van der Waals surface area (Å²) in [5.74, 6) is 0.0496. The van der Waals surface area contributed by atoms with E-state index >= 15 is 0 Å². The van der Waals surface area contributed by atoms with Crippen molar-refractivity contribution < 1.29 is 14.3 Å². The molecular formula is C14H11Cl2NO3S. The molecule has 0 aliphatic carbocycles. The molecule has 0 saturated heterocycles. The maximum atomic E-state index is 12.0. The number of esters is 1. The molecule has 2 rings (SSSR count). The van der Waals surface area contributed by atoms with Crippen molar-refractivity contribution in [3.05, 3.63) is 51.5 Å². The van der Waals surface area contributed by atoms with Crippen LogP contribution in [0.25, 0.3) is 0 Å². The lowest BCUT2D eigenvalue weighted by Crippen LogP contribution is -2.10. The lowest BCUT2D eigenvalue weighted by atomic mass is 10.1. The van der Waals surface area contributed by atoms with Crippen LogP contribution in [0, 0.1) is 0 Å². The minimum Gasteiger partial charge on any atom is -0.493 e. The van der Waals surface area contributed by atoms with Crippen molar-refractivity contribution in [2.24, 2.45) is 0 Å². The quantitative estimate of drug-likeness (QED) is 0.458. The third kappa shape index (κ3) is 3.56. The van der Waals surface area contributed by atoms with Crippen LogP contribution < -0.4 is 9.47 Å². The summed E-state index contributed by atoms with van der Waals surface area (Å²) < 4.78 is 14.6. The van der Waals surface area contributed by atoms with Crippen molar-refractivity contribution in [3.63, 3.8) is 0 Å². The summed E-state index contributed by atoms with van der Waals surface area (Å²) in [5, 5.41) is 0.0916. The first-order valence-electron chi connectivity index (χ1n) is 5.87. The average Bonchev–Trinajstić information content (AvgIpc) is 2.81. The van der Waals surface area contributed by atoms with Crippen molar-refractivity contribution >= 4 is 40.7 Å². The third-order valence-corrected chi connectivity index (χ3v) is 4.21. The largest absolute Gasteiger partial charge is 0.493 e. The van der Waals surface area contributed by atoms with E-state index in [0.717, 1.165) is 17.1 Å². The number of methoxy groups -OCH3 is 1. The van der Waals surface area contributed by atoms with E-state index in [2.05, 4.69) is 11.0 Å². The highest BCUT2D eigenvalue weighted by Crippen LogP contribution is 2.32. The number of carbonyl (C=O) groups is 1. The van der Waals surface area contributed by atoms with Gasteiger partial charge in [-0.3, -0.25) is 0 Å². The molecule has 7 heteroatoms. The maximum Gasteiger partial charge on any atom is 0.365 e. The van der Waals surface area contributed by atoms with Crippen LogP contribution in [0.1, 0.15) is 16.1 Å². The van der Waals surface area contributed by atoms with Crippen LogP contribution in [-0.2, 0) is 6.42 Å². The number of ether oxygens (including phenoxy) is 2. The molecule has 110 valence electrons. The number of rotatable bonds is 5.